The molecule has 0 aliphatic carbocycles. The zero-order valence-corrected chi connectivity index (χ0v) is 30.0. The molecule has 11 aromatic rings. The molecule has 0 amide bonds. The Labute approximate surface area is 322 Å². The van der Waals surface area contributed by atoms with Crippen molar-refractivity contribution < 1.29 is 4.42 Å². The van der Waals surface area contributed by atoms with E-state index in [-0.39, 0.29) is 0 Å². The fraction of sp³-hybridized carbons (Fsp3) is 0. The van der Waals surface area contributed by atoms with E-state index in [0.717, 1.165) is 88.4 Å². The van der Waals surface area contributed by atoms with E-state index in [1.54, 1.807) is 6.20 Å². The third-order valence-electron chi connectivity index (χ3n) is 10.6. The van der Waals surface area contributed by atoms with Crippen molar-refractivity contribution >= 4 is 43.7 Å². The van der Waals surface area contributed by atoms with Gasteiger partial charge in [-0.3, -0.25) is 4.98 Å². The van der Waals surface area contributed by atoms with E-state index in [4.69, 9.17) is 19.4 Å². The molecule has 7 aromatic carbocycles. The molecule has 0 fully saturated rings. The largest absolute Gasteiger partial charge is 0.454 e. The Hall–Kier alpha value is -7.70. The lowest BCUT2D eigenvalue weighted by Crippen LogP contribution is -2.00. The minimum atomic E-state index is 0.618. The molecule has 0 saturated heterocycles. The molecule has 0 unspecified atom stereocenters. The van der Waals surface area contributed by atoms with E-state index in [1.807, 2.05) is 54.7 Å². The van der Waals surface area contributed by atoms with E-state index < -0.39 is 0 Å². The van der Waals surface area contributed by atoms with Gasteiger partial charge in [0.2, 0.25) is 0 Å². The van der Waals surface area contributed by atoms with Crippen LogP contribution in [0, 0.1) is 0 Å². The van der Waals surface area contributed by atoms with Crippen LogP contribution in [0.15, 0.2) is 193 Å². The highest BCUT2D eigenvalue weighted by Crippen LogP contribution is 2.41. The van der Waals surface area contributed by atoms with E-state index in [2.05, 4.69) is 137 Å². The fourth-order valence-electron chi connectivity index (χ4n) is 7.81. The van der Waals surface area contributed by atoms with Crippen LogP contribution in [0.4, 0.5) is 0 Å². The van der Waals surface area contributed by atoms with Crippen LogP contribution in [-0.2, 0) is 0 Å². The minimum absolute atomic E-state index is 0.618. The Morgan fingerprint density at radius 3 is 1.62 bits per heavy atom. The van der Waals surface area contributed by atoms with Crippen LogP contribution in [0.25, 0.3) is 106 Å². The number of nitrogens with zero attached hydrogens (tertiary/aromatic N) is 5. The van der Waals surface area contributed by atoms with Gasteiger partial charge in [0.15, 0.2) is 23.1 Å². The summed E-state index contributed by atoms with van der Waals surface area (Å²) in [4.78, 5) is 19.2. The highest BCUT2D eigenvalue weighted by Gasteiger charge is 2.20. The third kappa shape index (κ3) is 5.35. The summed E-state index contributed by atoms with van der Waals surface area (Å²) in [5.41, 5.74) is 12.2. The van der Waals surface area contributed by atoms with Crippen molar-refractivity contribution in [3.63, 3.8) is 0 Å². The summed E-state index contributed by atoms with van der Waals surface area (Å²) in [6, 6.07) is 60.8. The molecule has 11 rings (SSSR count). The number of hydrogen-bond donors (Lipinski definition) is 0. The number of fused-ring (bicyclic) bond motifs is 7. The number of furan rings is 1. The molecule has 6 nitrogen and oxygen atoms in total. The van der Waals surface area contributed by atoms with Crippen LogP contribution >= 0.6 is 0 Å². The number of hydrogen-bond acceptors (Lipinski definition) is 5. The standard InChI is InChI=1S/C50H31N5O/c1-3-10-34(11-4-1)48-52-49(54-50(53-48)36-23-19-33(20-24-36)38-12-9-29-51-31-38)35-21-17-32(18-22-35)37-25-28-44-43(30-37)41-26-27-42-40-15-7-8-16-45(40)56-47(42)46(41)55(44)39-13-5-2-6-14-39/h1-31H. The molecule has 0 N–H and O–H groups in total. The van der Waals surface area contributed by atoms with Crippen molar-refractivity contribution in [1.82, 2.24) is 24.5 Å². The highest BCUT2D eigenvalue weighted by molar-refractivity contribution is 6.21. The van der Waals surface area contributed by atoms with Gasteiger partial charge >= 0.3 is 0 Å². The average Bonchev–Trinajstić information content (AvgIpc) is 3.83. The zero-order valence-electron chi connectivity index (χ0n) is 30.0. The van der Waals surface area contributed by atoms with Gasteiger partial charge in [-0.05, 0) is 64.7 Å². The molecule has 0 bridgehead atoms. The third-order valence-corrected chi connectivity index (χ3v) is 10.6. The smallest absolute Gasteiger partial charge is 0.164 e. The van der Waals surface area contributed by atoms with Gasteiger partial charge in [-0.15, -0.1) is 0 Å². The van der Waals surface area contributed by atoms with Crippen LogP contribution in [0.3, 0.4) is 0 Å². The molecule has 0 aliphatic heterocycles. The Morgan fingerprint density at radius 1 is 0.393 bits per heavy atom. The van der Waals surface area contributed by atoms with Gasteiger partial charge in [-0.2, -0.15) is 0 Å². The second-order valence-electron chi connectivity index (χ2n) is 13.9. The predicted molar refractivity (Wildman–Crippen MR) is 226 cm³/mol. The molecule has 262 valence electrons. The Morgan fingerprint density at radius 2 is 0.946 bits per heavy atom. The first-order chi connectivity index (χ1) is 27.7. The molecule has 56 heavy (non-hydrogen) atoms. The van der Waals surface area contributed by atoms with Crippen LogP contribution in [0.5, 0.6) is 0 Å². The number of aromatic nitrogens is 5. The van der Waals surface area contributed by atoms with E-state index in [1.165, 1.54) is 0 Å². The van der Waals surface area contributed by atoms with E-state index in [0.29, 0.717) is 17.5 Å². The normalized spacial score (nSPS) is 11.6. The second kappa shape index (κ2) is 13.0. The lowest BCUT2D eigenvalue weighted by Gasteiger charge is -2.10. The van der Waals surface area contributed by atoms with Crippen molar-refractivity contribution in [2.75, 3.05) is 0 Å². The van der Waals surface area contributed by atoms with Crippen molar-refractivity contribution in [2.24, 2.45) is 0 Å². The molecular weight excluding hydrogens is 687 g/mol. The first-order valence-corrected chi connectivity index (χ1v) is 18.6. The fourth-order valence-corrected chi connectivity index (χ4v) is 7.81. The lowest BCUT2D eigenvalue weighted by atomic mass is 10.0. The topological polar surface area (TPSA) is 69.6 Å². The minimum Gasteiger partial charge on any atom is -0.454 e. The Balaban J connectivity index is 1.01. The SMILES string of the molecule is c1ccc(-c2nc(-c3ccc(-c4cccnc4)cc3)nc(-c3ccc(-c4ccc5c(c4)c4ccc6c7ccccc7oc6c4n5-c4ccccc4)cc3)n2)cc1. The lowest BCUT2D eigenvalue weighted by molar-refractivity contribution is 0.671. The van der Waals surface area contributed by atoms with Gasteiger partial charge in [0.1, 0.15) is 5.58 Å². The van der Waals surface area contributed by atoms with Gasteiger partial charge in [0.25, 0.3) is 0 Å². The summed E-state index contributed by atoms with van der Waals surface area (Å²) in [5.74, 6) is 1.87. The molecule has 0 spiro atoms. The molecule has 4 aromatic heterocycles. The first kappa shape index (κ1) is 31.8. The van der Waals surface area contributed by atoms with Crippen LogP contribution in [0.2, 0.25) is 0 Å². The Bertz CT molecular complexity index is 3210. The first-order valence-electron chi connectivity index (χ1n) is 18.6. The van der Waals surface area contributed by atoms with Crippen molar-refractivity contribution in [1.29, 1.82) is 0 Å². The average molecular weight is 718 g/mol. The molecular formula is C50H31N5O. The van der Waals surface area contributed by atoms with Crippen molar-refractivity contribution in [3.05, 3.63) is 188 Å². The molecule has 0 atom stereocenters. The van der Waals surface area contributed by atoms with Gasteiger partial charge in [-0.1, -0.05) is 133 Å². The van der Waals surface area contributed by atoms with Gasteiger partial charge < -0.3 is 8.98 Å². The number of pyridine rings is 1. The predicted octanol–water partition coefficient (Wildman–Crippen LogP) is 12.6. The summed E-state index contributed by atoms with van der Waals surface area (Å²) < 4.78 is 8.92. The van der Waals surface area contributed by atoms with E-state index in [9.17, 15) is 0 Å². The number of benzene rings is 7. The van der Waals surface area contributed by atoms with Crippen LogP contribution in [-0.4, -0.2) is 24.5 Å². The maximum absolute atomic E-state index is 6.58. The molecule has 0 saturated carbocycles. The van der Waals surface area contributed by atoms with Gasteiger partial charge in [0.05, 0.1) is 11.0 Å². The van der Waals surface area contributed by atoms with Crippen LogP contribution in [0.1, 0.15) is 0 Å². The van der Waals surface area contributed by atoms with Crippen molar-refractivity contribution in [2.45, 2.75) is 0 Å². The highest BCUT2D eigenvalue weighted by atomic mass is 16.3. The number of rotatable bonds is 6. The number of para-hydroxylation sites is 2. The molecule has 0 radical (unpaired) electrons. The quantitative estimate of drug-likeness (QED) is 0.171. The molecule has 0 aliphatic rings. The molecule has 6 heteroatoms. The van der Waals surface area contributed by atoms with Gasteiger partial charge in [0, 0.05) is 56.3 Å². The van der Waals surface area contributed by atoms with Crippen molar-refractivity contribution in [3.8, 4) is 62.1 Å². The maximum Gasteiger partial charge on any atom is 0.164 e. The molecule has 4 heterocycles. The monoisotopic (exact) mass is 717 g/mol. The summed E-state index contributed by atoms with van der Waals surface area (Å²) in [7, 11) is 0. The zero-order chi connectivity index (χ0) is 37.0. The Kier molecular flexibility index (Phi) is 7.38. The maximum atomic E-state index is 6.58. The summed E-state index contributed by atoms with van der Waals surface area (Å²) >= 11 is 0. The van der Waals surface area contributed by atoms with Crippen LogP contribution < -0.4 is 0 Å². The summed E-state index contributed by atoms with van der Waals surface area (Å²) in [5, 5.41) is 4.54. The second-order valence-corrected chi connectivity index (χ2v) is 13.9. The summed E-state index contributed by atoms with van der Waals surface area (Å²) in [6.07, 6.45) is 3.65. The van der Waals surface area contributed by atoms with Gasteiger partial charge in [-0.25, -0.2) is 15.0 Å². The summed E-state index contributed by atoms with van der Waals surface area (Å²) in [6.45, 7) is 0. The van der Waals surface area contributed by atoms with E-state index >= 15 is 0 Å².